The molecule has 1 aliphatic carbocycles. The predicted molar refractivity (Wildman–Crippen MR) is 77.0 cm³/mol. The Morgan fingerprint density at radius 1 is 1.24 bits per heavy atom. The van der Waals surface area contributed by atoms with Gasteiger partial charge in [-0.2, -0.15) is 14.6 Å². The maximum absolute atomic E-state index is 12.1. The minimum atomic E-state index is 0.307. The number of aromatic nitrogens is 4. The highest BCUT2D eigenvalue weighted by molar-refractivity contribution is 5.81. The minimum absolute atomic E-state index is 0.307. The fraction of sp³-hybridized carbons (Fsp3) is 0.571. The lowest BCUT2D eigenvalue weighted by molar-refractivity contribution is -0.132. The molecule has 0 bridgehead atoms. The number of fused-ring (bicyclic) bond motifs is 1. The Bertz CT molecular complexity index is 684. The number of nitrogens with zero attached hydrogens (tertiary/aromatic N) is 6. The number of hydrogen-bond donors (Lipinski definition) is 0. The molecule has 0 spiro atoms. The molecular formula is C14H18N6O. The topological polar surface area (TPSA) is 66.6 Å². The lowest BCUT2D eigenvalue weighted by Gasteiger charge is -2.36. The van der Waals surface area contributed by atoms with Crippen molar-refractivity contribution in [1.82, 2.24) is 24.5 Å². The Morgan fingerprint density at radius 2 is 2.00 bits per heavy atom. The van der Waals surface area contributed by atoms with Crippen LogP contribution in [0.15, 0.2) is 12.4 Å². The quantitative estimate of drug-likeness (QED) is 0.804. The summed E-state index contributed by atoms with van der Waals surface area (Å²) >= 11 is 0. The van der Waals surface area contributed by atoms with E-state index in [1.807, 2.05) is 17.9 Å². The Balaban J connectivity index is 1.54. The van der Waals surface area contributed by atoms with Crippen molar-refractivity contribution < 1.29 is 4.79 Å². The molecule has 7 heteroatoms. The third-order valence-electron chi connectivity index (χ3n) is 4.20. The van der Waals surface area contributed by atoms with Gasteiger partial charge in [0.05, 0.1) is 0 Å². The van der Waals surface area contributed by atoms with E-state index in [0.717, 1.165) is 50.5 Å². The smallest absolute Gasteiger partial charge is 0.254 e. The number of carbonyl (C=O) groups excluding carboxylic acids is 1. The molecule has 7 nitrogen and oxygen atoms in total. The average Bonchev–Trinajstić information content (AvgIpc) is 3.24. The number of piperazine rings is 1. The van der Waals surface area contributed by atoms with Crippen molar-refractivity contribution in [2.24, 2.45) is 5.92 Å². The zero-order chi connectivity index (χ0) is 14.4. The Hall–Kier alpha value is -2.18. The summed E-state index contributed by atoms with van der Waals surface area (Å²) in [5, 5.41) is 4.25. The van der Waals surface area contributed by atoms with Crippen LogP contribution < -0.4 is 4.90 Å². The minimum Gasteiger partial charge on any atom is -0.353 e. The number of hydrogen-bond acceptors (Lipinski definition) is 5. The summed E-state index contributed by atoms with van der Waals surface area (Å²) < 4.78 is 1.77. The Labute approximate surface area is 122 Å². The molecule has 0 unspecified atom stereocenters. The van der Waals surface area contributed by atoms with E-state index in [-0.39, 0.29) is 0 Å². The van der Waals surface area contributed by atoms with Gasteiger partial charge in [0.1, 0.15) is 12.1 Å². The summed E-state index contributed by atoms with van der Waals surface area (Å²) in [6.07, 6.45) is 3.67. The van der Waals surface area contributed by atoms with Crippen LogP contribution in [0.3, 0.4) is 0 Å². The zero-order valence-corrected chi connectivity index (χ0v) is 12.1. The second kappa shape index (κ2) is 4.68. The van der Waals surface area contributed by atoms with E-state index < -0.39 is 0 Å². The van der Waals surface area contributed by atoms with Crippen molar-refractivity contribution in [3.8, 4) is 0 Å². The molecule has 2 aliphatic rings. The van der Waals surface area contributed by atoms with Crippen molar-refractivity contribution >= 4 is 17.5 Å². The van der Waals surface area contributed by atoms with Crippen molar-refractivity contribution in [3.05, 3.63) is 18.1 Å². The van der Waals surface area contributed by atoms with Crippen LogP contribution in [0.25, 0.3) is 5.78 Å². The first-order chi connectivity index (χ1) is 10.2. The monoisotopic (exact) mass is 286 g/mol. The second-order valence-electron chi connectivity index (χ2n) is 5.81. The predicted octanol–water partition coefficient (Wildman–Crippen LogP) is 0.491. The molecule has 1 saturated heterocycles. The first-order valence-electron chi connectivity index (χ1n) is 7.43. The standard InChI is InChI=1S/C14H18N6O/c1-10-8-12(20-14(17-10)15-9-16-20)18-4-6-19(7-5-18)13(21)11-2-3-11/h8-9,11H,2-7H2,1H3. The molecule has 0 radical (unpaired) electrons. The fourth-order valence-electron chi connectivity index (χ4n) is 2.88. The number of amides is 1. The van der Waals surface area contributed by atoms with Gasteiger partial charge in [-0.3, -0.25) is 4.79 Å². The Kier molecular flexibility index (Phi) is 2.80. The molecule has 1 aliphatic heterocycles. The van der Waals surface area contributed by atoms with Gasteiger partial charge in [0.25, 0.3) is 5.78 Å². The third-order valence-corrected chi connectivity index (χ3v) is 4.20. The van der Waals surface area contributed by atoms with Crippen molar-refractivity contribution in [2.45, 2.75) is 19.8 Å². The number of aryl methyl sites for hydroxylation is 1. The largest absolute Gasteiger partial charge is 0.353 e. The van der Waals surface area contributed by atoms with E-state index in [1.165, 1.54) is 6.33 Å². The normalized spacial score (nSPS) is 19.3. The average molecular weight is 286 g/mol. The highest BCUT2D eigenvalue weighted by Crippen LogP contribution is 2.31. The van der Waals surface area contributed by atoms with Crippen LogP contribution in [-0.2, 0) is 4.79 Å². The van der Waals surface area contributed by atoms with Gasteiger partial charge in [0, 0.05) is 43.9 Å². The molecule has 21 heavy (non-hydrogen) atoms. The summed E-state index contributed by atoms with van der Waals surface area (Å²) in [6, 6.07) is 2.03. The molecule has 110 valence electrons. The summed E-state index contributed by atoms with van der Waals surface area (Å²) in [5.74, 6) is 2.28. The second-order valence-corrected chi connectivity index (χ2v) is 5.81. The lowest BCUT2D eigenvalue weighted by atomic mass is 10.2. The molecule has 1 saturated carbocycles. The van der Waals surface area contributed by atoms with E-state index in [9.17, 15) is 4.79 Å². The third kappa shape index (κ3) is 2.22. The molecule has 0 N–H and O–H groups in total. The molecule has 2 fully saturated rings. The van der Waals surface area contributed by atoms with Crippen molar-refractivity contribution in [1.29, 1.82) is 0 Å². The van der Waals surface area contributed by atoms with E-state index in [1.54, 1.807) is 4.52 Å². The number of rotatable bonds is 2. The molecule has 4 rings (SSSR count). The maximum atomic E-state index is 12.1. The maximum Gasteiger partial charge on any atom is 0.254 e. The van der Waals surface area contributed by atoms with Crippen molar-refractivity contribution in [3.63, 3.8) is 0 Å². The summed E-state index contributed by atoms with van der Waals surface area (Å²) in [7, 11) is 0. The van der Waals surface area contributed by atoms with Crippen LogP contribution in [0.4, 0.5) is 5.82 Å². The zero-order valence-electron chi connectivity index (χ0n) is 12.1. The van der Waals surface area contributed by atoms with Gasteiger partial charge >= 0.3 is 0 Å². The van der Waals surface area contributed by atoms with Crippen LogP contribution >= 0.6 is 0 Å². The summed E-state index contributed by atoms with van der Waals surface area (Å²) in [4.78, 5) is 24.9. The van der Waals surface area contributed by atoms with E-state index >= 15 is 0 Å². The van der Waals surface area contributed by atoms with Crippen LogP contribution in [0.5, 0.6) is 0 Å². The molecule has 1 amide bonds. The molecule has 0 aromatic carbocycles. The molecule has 2 aromatic rings. The fourth-order valence-corrected chi connectivity index (χ4v) is 2.88. The van der Waals surface area contributed by atoms with Gasteiger partial charge in [-0.15, -0.1) is 0 Å². The van der Waals surface area contributed by atoms with Crippen LogP contribution in [0, 0.1) is 12.8 Å². The highest BCUT2D eigenvalue weighted by atomic mass is 16.2. The SMILES string of the molecule is Cc1cc(N2CCN(C(=O)C3CC3)CC2)n2ncnc2n1. The van der Waals surface area contributed by atoms with Crippen LogP contribution in [0.1, 0.15) is 18.5 Å². The highest BCUT2D eigenvalue weighted by Gasteiger charge is 2.34. The Morgan fingerprint density at radius 3 is 2.71 bits per heavy atom. The van der Waals surface area contributed by atoms with Gasteiger partial charge < -0.3 is 9.80 Å². The lowest BCUT2D eigenvalue weighted by Crippen LogP contribution is -2.49. The van der Waals surface area contributed by atoms with E-state index in [0.29, 0.717) is 17.6 Å². The van der Waals surface area contributed by atoms with Gasteiger partial charge in [-0.1, -0.05) is 0 Å². The van der Waals surface area contributed by atoms with E-state index in [4.69, 9.17) is 0 Å². The van der Waals surface area contributed by atoms with Gasteiger partial charge in [-0.25, -0.2) is 4.98 Å². The molecular weight excluding hydrogens is 268 g/mol. The van der Waals surface area contributed by atoms with Gasteiger partial charge in [-0.05, 0) is 19.8 Å². The van der Waals surface area contributed by atoms with E-state index in [2.05, 4.69) is 20.0 Å². The van der Waals surface area contributed by atoms with Gasteiger partial charge in [0.2, 0.25) is 5.91 Å². The van der Waals surface area contributed by atoms with Gasteiger partial charge in [0.15, 0.2) is 0 Å². The van der Waals surface area contributed by atoms with Crippen LogP contribution in [0.2, 0.25) is 0 Å². The summed E-state index contributed by atoms with van der Waals surface area (Å²) in [5.41, 5.74) is 0.932. The summed E-state index contributed by atoms with van der Waals surface area (Å²) in [6.45, 7) is 5.19. The first kappa shape index (κ1) is 12.6. The molecule has 3 heterocycles. The molecule has 0 atom stereocenters. The first-order valence-corrected chi connectivity index (χ1v) is 7.43. The van der Waals surface area contributed by atoms with Crippen molar-refractivity contribution in [2.75, 3.05) is 31.1 Å². The molecule has 2 aromatic heterocycles. The van der Waals surface area contributed by atoms with Crippen LogP contribution in [-0.4, -0.2) is 56.6 Å². The number of carbonyl (C=O) groups is 1. The number of anilines is 1.